The lowest BCUT2D eigenvalue weighted by molar-refractivity contribution is -0.131. The maximum atomic E-state index is 12.6. The van der Waals surface area contributed by atoms with Crippen molar-refractivity contribution in [2.24, 2.45) is 0 Å². The van der Waals surface area contributed by atoms with E-state index in [9.17, 15) is 18.8 Å². The molecule has 0 unspecified atom stereocenters. The van der Waals surface area contributed by atoms with Crippen molar-refractivity contribution >= 4 is 17.7 Å². The third kappa shape index (κ3) is 2.16. The van der Waals surface area contributed by atoms with Crippen molar-refractivity contribution in [2.75, 3.05) is 0 Å². The maximum absolute atomic E-state index is 12.6. The summed E-state index contributed by atoms with van der Waals surface area (Å²) < 4.78 is 12.6. The molecule has 6 heteroatoms. The van der Waals surface area contributed by atoms with Crippen LogP contribution in [0.5, 0.6) is 0 Å². The van der Waals surface area contributed by atoms with Crippen molar-refractivity contribution in [3.8, 4) is 0 Å². The molecule has 1 aromatic carbocycles. The number of carbonyl (C=O) groups is 3. The Bertz CT molecular complexity index is 452. The molecule has 0 radical (unpaired) electrons. The minimum Gasteiger partial charge on any atom is -0.478 e. The minimum atomic E-state index is -1.79. The zero-order valence-electron chi connectivity index (χ0n) is 7.23. The standard InChI is InChI=1S/C9H5FO5/c10-4-1-2-5(7(11)9(14)15)6(3-4)8(12)13/h1-3H,(H,12,13)(H,14,15). The first-order chi connectivity index (χ1) is 6.93. The Morgan fingerprint density at radius 1 is 1.07 bits per heavy atom. The first kappa shape index (κ1) is 10.8. The van der Waals surface area contributed by atoms with Crippen molar-refractivity contribution in [3.63, 3.8) is 0 Å². The number of Topliss-reactive ketones (excluding diaryl/α,β-unsaturated/α-hetero) is 1. The Morgan fingerprint density at radius 3 is 2.13 bits per heavy atom. The molecule has 0 amide bonds. The van der Waals surface area contributed by atoms with Crippen LogP contribution in [0.25, 0.3) is 0 Å². The monoisotopic (exact) mass is 212 g/mol. The van der Waals surface area contributed by atoms with E-state index in [1.807, 2.05) is 0 Å². The second kappa shape index (κ2) is 3.87. The zero-order valence-corrected chi connectivity index (χ0v) is 7.23. The fourth-order valence-electron chi connectivity index (χ4n) is 1.01. The van der Waals surface area contributed by atoms with Gasteiger partial charge in [0.25, 0.3) is 5.78 Å². The SMILES string of the molecule is O=C(O)C(=O)c1ccc(F)cc1C(=O)O. The number of hydrogen-bond donors (Lipinski definition) is 2. The summed E-state index contributed by atoms with van der Waals surface area (Å²) in [6, 6.07) is 2.25. The lowest BCUT2D eigenvalue weighted by atomic mass is 10.0. The van der Waals surface area contributed by atoms with Crippen LogP contribution >= 0.6 is 0 Å². The number of carbonyl (C=O) groups excluding carboxylic acids is 1. The predicted molar refractivity (Wildman–Crippen MR) is 45.3 cm³/mol. The molecule has 0 saturated carbocycles. The van der Waals surface area contributed by atoms with E-state index in [2.05, 4.69) is 0 Å². The molecule has 78 valence electrons. The first-order valence-electron chi connectivity index (χ1n) is 3.74. The van der Waals surface area contributed by atoms with Gasteiger partial charge in [-0.3, -0.25) is 4.79 Å². The Morgan fingerprint density at radius 2 is 1.67 bits per heavy atom. The van der Waals surface area contributed by atoms with E-state index in [0.717, 1.165) is 12.1 Å². The van der Waals surface area contributed by atoms with Crippen molar-refractivity contribution in [1.29, 1.82) is 0 Å². The van der Waals surface area contributed by atoms with Crippen molar-refractivity contribution in [3.05, 3.63) is 35.1 Å². The molecule has 0 spiro atoms. The second-order valence-corrected chi connectivity index (χ2v) is 2.63. The van der Waals surface area contributed by atoms with Crippen LogP contribution < -0.4 is 0 Å². The van der Waals surface area contributed by atoms with Crippen LogP contribution in [0.1, 0.15) is 20.7 Å². The average Bonchev–Trinajstić information content (AvgIpc) is 2.16. The van der Waals surface area contributed by atoms with Crippen LogP contribution in [0.3, 0.4) is 0 Å². The molecular formula is C9H5FO5. The smallest absolute Gasteiger partial charge is 0.377 e. The number of aliphatic carboxylic acids is 1. The summed E-state index contributed by atoms with van der Waals surface area (Å²) in [5.41, 5.74) is -1.21. The molecule has 15 heavy (non-hydrogen) atoms. The number of hydrogen-bond acceptors (Lipinski definition) is 3. The number of carboxylic acids is 2. The predicted octanol–water partition coefficient (Wildman–Crippen LogP) is 0.791. The van der Waals surface area contributed by atoms with Gasteiger partial charge in [0, 0.05) is 5.56 Å². The molecule has 0 aromatic heterocycles. The van der Waals surface area contributed by atoms with Gasteiger partial charge in [-0.1, -0.05) is 0 Å². The van der Waals surface area contributed by atoms with Gasteiger partial charge in [0.15, 0.2) is 0 Å². The van der Waals surface area contributed by atoms with Crippen LogP contribution in [-0.4, -0.2) is 27.9 Å². The lowest BCUT2D eigenvalue weighted by Gasteiger charge is -2.01. The molecule has 0 aliphatic rings. The Balaban J connectivity index is 3.35. The molecule has 0 atom stereocenters. The molecule has 1 aromatic rings. The van der Waals surface area contributed by atoms with Gasteiger partial charge in [0.2, 0.25) is 0 Å². The number of aromatic carboxylic acids is 1. The quantitative estimate of drug-likeness (QED) is 0.570. The molecule has 0 bridgehead atoms. The van der Waals surface area contributed by atoms with Gasteiger partial charge < -0.3 is 10.2 Å². The highest BCUT2D eigenvalue weighted by atomic mass is 19.1. The van der Waals surface area contributed by atoms with E-state index < -0.39 is 34.7 Å². The van der Waals surface area contributed by atoms with Crippen molar-refractivity contribution in [1.82, 2.24) is 0 Å². The van der Waals surface area contributed by atoms with Gasteiger partial charge in [-0.15, -0.1) is 0 Å². The van der Waals surface area contributed by atoms with Gasteiger partial charge in [-0.2, -0.15) is 0 Å². The molecule has 0 heterocycles. The fourth-order valence-corrected chi connectivity index (χ4v) is 1.01. The topological polar surface area (TPSA) is 91.7 Å². The van der Waals surface area contributed by atoms with Gasteiger partial charge in [0.1, 0.15) is 5.82 Å². The highest BCUT2D eigenvalue weighted by Gasteiger charge is 2.22. The van der Waals surface area contributed by atoms with Crippen LogP contribution in [0.15, 0.2) is 18.2 Å². The fraction of sp³-hybridized carbons (Fsp3) is 0. The van der Waals surface area contributed by atoms with E-state index in [1.165, 1.54) is 0 Å². The number of benzene rings is 1. The van der Waals surface area contributed by atoms with Crippen LogP contribution in [0.2, 0.25) is 0 Å². The second-order valence-electron chi connectivity index (χ2n) is 2.63. The highest BCUT2D eigenvalue weighted by Crippen LogP contribution is 2.12. The Labute approximate surface area is 82.8 Å². The molecule has 2 N–H and O–H groups in total. The van der Waals surface area contributed by atoms with Crippen molar-refractivity contribution < 1.29 is 29.0 Å². The summed E-state index contributed by atoms with van der Waals surface area (Å²) >= 11 is 0. The van der Waals surface area contributed by atoms with Gasteiger partial charge in [-0.25, -0.2) is 14.0 Å². The first-order valence-corrected chi connectivity index (χ1v) is 3.74. The number of rotatable bonds is 3. The molecule has 0 fully saturated rings. The maximum Gasteiger partial charge on any atom is 0.377 e. The lowest BCUT2D eigenvalue weighted by Crippen LogP contribution is -2.17. The summed E-state index contributed by atoms with van der Waals surface area (Å²) in [5, 5.41) is 17.0. The molecular weight excluding hydrogens is 207 g/mol. The molecule has 0 saturated heterocycles. The van der Waals surface area contributed by atoms with Crippen LogP contribution in [0.4, 0.5) is 4.39 Å². The third-order valence-electron chi connectivity index (χ3n) is 1.65. The summed E-state index contributed by atoms with van der Waals surface area (Å²) in [5.74, 6) is -5.58. The van der Waals surface area contributed by atoms with E-state index in [0.29, 0.717) is 6.07 Å². The molecule has 0 aliphatic heterocycles. The van der Waals surface area contributed by atoms with E-state index in [-0.39, 0.29) is 0 Å². The van der Waals surface area contributed by atoms with Crippen LogP contribution in [-0.2, 0) is 4.79 Å². The van der Waals surface area contributed by atoms with E-state index >= 15 is 0 Å². The largest absolute Gasteiger partial charge is 0.478 e. The number of ketones is 1. The summed E-state index contributed by atoms with van der Waals surface area (Å²) in [6.07, 6.45) is 0. The number of carboxylic acid groups (broad SMARTS) is 2. The minimum absolute atomic E-state index is 0.545. The van der Waals surface area contributed by atoms with E-state index in [4.69, 9.17) is 10.2 Å². The third-order valence-corrected chi connectivity index (χ3v) is 1.65. The summed E-state index contributed by atoms with van der Waals surface area (Å²) in [7, 11) is 0. The van der Waals surface area contributed by atoms with Gasteiger partial charge in [-0.05, 0) is 18.2 Å². The molecule has 0 aliphatic carbocycles. The normalized spacial score (nSPS) is 9.67. The van der Waals surface area contributed by atoms with E-state index in [1.54, 1.807) is 0 Å². The Kier molecular flexibility index (Phi) is 2.80. The van der Waals surface area contributed by atoms with Gasteiger partial charge >= 0.3 is 11.9 Å². The average molecular weight is 212 g/mol. The highest BCUT2D eigenvalue weighted by molar-refractivity contribution is 6.41. The van der Waals surface area contributed by atoms with Crippen molar-refractivity contribution in [2.45, 2.75) is 0 Å². The van der Waals surface area contributed by atoms with Gasteiger partial charge in [0.05, 0.1) is 5.56 Å². The Hall–Kier alpha value is -2.24. The molecule has 1 rings (SSSR count). The zero-order chi connectivity index (χ0) is 11.6. The van der Waals surface area contributed by atoms with Crippen LogP contribution in [0, 0.1) is 5.82 Å². The summed E-state index contributed by atoms with van der Waals surface area (Å²) in [4.78, 5) is 31.9. The number of halogens is 1. The molecule has 5 nitrogen and oxygen atoms in total. The summed E-state index contributed by atoms with van der Waals surface area (Å²) in [6.45, 7) is 0.